The molecule has 0 atom stereocenters. The van der Waals surface area contributed by atoms with Gasteiger partial charge >= 0.3 is 0 Å². The SMILES string of the molecule is OCc1cc(-c2c(Cl)cccc2Cl)no1. The maximum Gasteiger partial charge on any atom is 0.162 e. The third kappa shape index (κ3) is 2.00. The highest BCUT2D eigenvalue weighted by Gasteiger charge is 2.12. The molecule has 1 heterocycles. The maximum absolute atomic E-state index is 8.84. The molecule has 0 bridgehead atoms. The fraction of sp³-hybridized carbons (Fsp3) is 0.100. The van der Waals surface area contributed by atoms with E-state index in [1.165, 1.54) is 0 Å². The van der Waals surface area contributed by atoms with Crippen LogP contribution in [0.4, 0.5) is 0 Å². The van der Waals surface area contributed by atoms with Crippen molar-refractivity contribution in [3.8, 4) is 11.3 Å². The molecule has 2 aromatic rings. The highest BCUT2D eigenvalue weighted by Crippen LogP contribution is 2.33. The van der Waals surface area contributed by atoms with Crippen LogP contribution in [0.5, 0.6) is 0 Å². The molecule has 0 unspecified atom stereocenters. The summed E-state index contributed by atoms with van der Waals surface area (Å²) in [6.07, 6.45) is 0. The predicted octanol–water partition coefficient (Wildman–Crippen LogP) is 3.14. The molecule has 3 nitrogen and oxygen atoms in total. The molecule has 1 aromatic heterocycles. The Balaban J connectivity index is 2.53. The average molecular weight is 244 g/mol. The third-order valence-electron chi connectivity index (χ3n) is 1.93. The van der Waals surface area contributed by atoms with Crippen LogP contribution in [-0.4, -0.2) is 10.3 Å². The Morgan fingerprint density at radius 2 is 1.93 bits per heavy atom. The number of aromatic nitrogens is 1. The van der Waals surface area contributed by atoms with Crippen LogP contribution < -0.4 is 0 Å². The lowest BCUT2D eigenvalue weighted by molar-refractivity contribution is 0.229. The lowest BCUT2D eigenvalue weighted by atomic mass is 10.1. The highest BCUT2D eigenvalue weighted by atomic mass is 35.5. The molecule has 1 N–H and O–H groups in total. The summed E-state index contributed by atoms with van der Waals surface area (Å²) in [5.74, 6) is 0.376. The average Bonchev–Trinajstić information content (AvgIpc) is 2.66. The van der Waals surface area contributed by atoms with Crippen molar-refractivity contribution < 1.29 is 9.63 Å². The van der Waals surface area contributed by atoms with Gasteiger partial charge in [0.15, 0.2) is 5.76 Å². The van der Waals surface area contributed by atoms with E-state index >= 15 is 0 Å². The largest absolute Gasteiger partial charge is 0.388 e. The predicted molar refractivity (Wildman–Crippen MR) is 57.9 cm³/mol. The molecule has 0 radical (unpaired) electrons. The number of rotatable bonds is 2. The van der Waals surface area contributed by atoms with Crippen molar-refractivity contribution in [2.45, 2.75) is 6.61 Å². The van der Waals surface area contributed by atoms with E-state index < -0.39 is 0 Å². The molecule has 78 valence electrons. The number of hydrogen-bond acceptors (Lipinski definition) is 3. The Morgan fingerprint density at radius 1 is 1.27 bits per heavy atom. The van der Waals surface area contributed by atoms with E-state index in [1.807, 2.05) is 0 Å². The van der Waals surface area contributed by atoms with E-state index in [1.54, 1.807) is 24.3 Å². The molecule has 0 aliphatic carbocycles. The Kier molecular flexibility index (Phi) is 2.95. The molecule has 5 heteroatoms. The van der Waals surface area contributed by atoms with Crippen LogP contribution in [0.1, 0.15) is 5.76 Å². The quantitative estimate of drug-likeness (QED) is 0.882. The van der Waals surface area contributed by atoms with Crippen molar-refractivity contribution in [1.82, 2.24) is 5.16 Å². The maximum atomic E-state index is 8.84. The second-order valence-corrected chi connectivity index (χ2v) is 3.75. The van der Waals surface area contributed by atoms with Crippen LogP contribution >= 0.6 is 23.2 Å². The Morgan fingerprint density at radius 3 is 2.47 bits per heavy atom. The second kappa shape index (κ2) is 4.23. The summed E-state index contributed by atoms with van der Waals surface area (Å²) in [4.78, 5) is 0. The van der Waals surface area contributed by atoms with Gasteiger partial charge in [0.1, 0.15) is 12.3 Å². The molecule has 0 aliphatic heterocycles. The number of halogens is 2. The topological polar surface area (TPSA) is 46.3 Å². The van der Waals surface area contributed by atoms with E-state index in [4.69, 9.17) is 32.8 Å². The minimum atomic E-state index is -0.199. The van der Waals surface area contributed by atoms with Gasteiger partial charge in [-0.3, -0.25) is 0 Å². The molecule has 0 spiro atoms. The zero-order valence-corrected chi connectivity index (χ0v) is 9.09. The summed E-state index contributed by atoms with van der Waals surface area (Å²) in [6, 6.07) is 6.79. The zero-order valence-electron chi connectivity index (χ0n) is 7.58. The molecular formula is C10H7Cl2NO2. The van der Waals surface area contributed by atoms with Crippen molar-refractivity contribution in [1.29, 1.82) is 0 Å². The van der Waals surface area contributed by atoms with Gasteiger partial charge in [-0.1, -0.05) is 34.4 Å². The minimum Gasteiger partial charge on any atom is -0.388 e. The molecule has 0 saturated heterocycles. The van der Waals surface area contributed by atoms with Crippen molar-refractivity contribution in [3.63, 3.8) is 0 Å². The number of aliphatic hydroxyl groups is 1. The van der Waals surface area contributed by atoms with Crippen LogP contribution in [0.3, 0.4) is 0 Å². The van der Waals surface area contributed by atoms with Crippen molar-refractivity contribution in [2.24, 2.45) is 0 Å². The van der Waals surface area contributed by atoms with Gasteiger partial charge in [0, 0.05) is 11.6 Å². The standard InChI is InChI=1S/C10H7Cl2NO2/c11-7-2-1-3-8(12)10(7)9-4-6(5-14)15-13-9/h1-4,14H,5H2. The van der Waals surface area contributed by atoms with E-state index in [0.29, 0.717) is 27.1 Å². The first-order chi connectivity index (χ1) is 7.22. The van der Waals surface area contributed by atoms with Crippen LogP contribution in [0.15, 0.2) is 28.8 Å². The molecule has 0 fully saturated rings. The summed E-state index contributed by atoms with van der Waals surface area (Å²) in [7, 11) is 0. The smallest absolute Gasteiger partial charge is 0.162 e. The summed E-state index contributed by atoms with van der Waals surface area (Å²) < 4.78 is 4.86. The summed E-state index contributed by atoms with van der Waals surface area (Å²) >= 11 is 12.0. The van der Waals surface area contributed by atoms with E-state index in [2.05, 4.69) is 5.16 Å². The molecular weight excluding hydrogens is 237 g/mol. The number of benzene rings is 1. The molecule has 0 amide bonds. The Bertz CT molecular complexity index is 462. The first-order valence-corrected chi connectivity index (χ1v) is 4.99. The van der Waals surface area contributed by atoms with Gasteiger partial charge in [0.05, 0.1) is 10.0 Å². The van der Waals surface area contributed by atoms with Gasteiger partial charge in [-0.15, -0.1) is 0 Å². The lowest BCUT2D eigenvalue weighted by Gasteiger charge is -2.01. The van der Waals surface area contributed by atoms with E-state index in [-0.39, 0.29) is 6.61 Å². The van der Waals surface area contributed by atoms with Gasteiger partial charge < -0.3 is 9.63 Å². The van der Waals surface area contributed by atoms with Gasteiger partial charge in [0.25, 0.3) is 0 Å². The summed E-state index contributed by atoms with van der Waals surface area (Å²) in [6.45, 7) is -0.199. The Hall–Kier alpha value is -1.03. The van der Waals surface area contributed by atoms with Gasteiger partial charge in [-0.05, 0) is 12.1 Å². The van der Waals surface area contributed by atoms with Crippen molar-refractivity contribution in [3.05, 3.63) is 40.1 Å². The van der Waals surface area contributed by atoms with Gasteiger partial charge in [-0.25, -0.2) is 0 Å². The van der Waals surface area contributed by atoms with Crippen LogP contribution in [0, 0.1) is 0 Å². The monoisotopic (exact) mass is 243 g/mol. The highest BCUT2D eigenvalue weighted by molar-refractivity contribution is 6.39. The number of nitrogens with zero attached hydrogens (tertiary/aromatic N) is 1. The normalized spacial score (nSPS) is 10.6. The molecule has 15 heavy (non-hydrogen) atoms. The van der Waals surface area contributed by atoms with Crippen molar-refractivity contribution in [2.75, 3.05) is 0 Å². The third-order valence-corrected chi connectivity index (χ3v) is 2.56. The molecule has 1 aromatic carbocycles. The number of aliphatic hydroxyl groups excluding tert-OH is 1. The summed E-state index contributed by atoms with van der Waals surface area (Å²) in [5.41, 5.74) is 1.14. The van der Waals surface area contributed by atoms with Crippen molar-refractivity contribution >= 4 is 23.2 Å². The van der Waals surface area contributed by atoms with Gasteiger partial charge in [0.2, 0.25) is 0 Å². The molecule has 0 aliphatic rings. The van der Waals surface area contributed by atoms with E-state index in [9.17, 15) is 0 Å². The summed E-state index contributed by atoms with van der Waals surface area (Å²) in [5, 5.41) is 13.6. The van der Waals surface area contributed by atoms with Crippen LogP contribution in [0.25, 0.3) is 11.3 Å². The van der Waals surface area contributed by atoms with E-state index in [0.717, 1.165) is 0 Å². The fourth-order valence-corrected chi connectivity index (χ4v) is 1.84. The molecule has 2 rings (SSSR count). The first kappa shape index (κ1) is 10.5. The Labute approximate surface area is 96.2 Å². The lowest BCUT2D eigenvalue weighted by Crippen LogP contribution is -1.80. The fourth-order valence-electron chi connectivity index (χ4n) is 1.25. The zero-order chi connectivity index (χ0) is 10.8. The minimum absolute atomic E-state index is 0.199. The van der Waals surface area contributed by atoms with Crippen LogP contribution in [0.2, 0.25) is 10.0 Å². The van der Waals surface area contributed by atoms with Crippen LogP contribution in [-0.2, 0) is 6.61 Å². The van der Waals surface area contributed by atoms with Gasteiger partial charge in [-0.2, -0.15) is 0 Å². The number of hydrogen-bond donors (Lipinski definition) is 1. The molecule has 0 saturated carbocycles. The first-order valence-electron chi connectivity index (χ1n) is 4.23. The second-order valence-electron chi connectivity index (χ2n) is 2.93.